The first kappa shape index (κ1) is 13.4. The Morgan fingerprint density at radius 2 is 2.24 bits per heavy atom. The van der Waals surface area contributed by atoms with E-state index in [0.717, 1.165) is 4.90 Å². The van der Waals surface area contributed by atoms with Crippen molar-refractivity contribution in [2.24, 2.45) is 10.9 Å². The summed E-state index contributed by atoms with van der Waals surface area (Å²) in [4.78, 5) is 12.8. The van der Waals surface area contributed by atoms with Crippen molar-refractivity contribution in [1.29, 1.82) is 0 Å². The SMILES string of the molecule is CSc1ccccc1C(=O)NCCC(N)=NO. The molecular weight excluding hydrogens is 238 g/mol. The number of nitrogens with zero attached hydrogens (tertiary/aromatic N) is 1. The summed E-state index contributed by atoms with van der Waals surface area (Å²) in [6.07, 6.45) is 2.24. The van der Waals surface area contributed by atoms with Gasteiger partial charge in [0.2, 0.25) is 0 Å². The van der Waals surface area contributed by atoms with Gasteiger partial charge in [0.15, 0.2) is 0 Å². The van der Waals surface area contributed by atoms with E-state index in [1.54, 1.807) is 6.07 Å². The van der Waals surface area contributed by atoms with Crippen LogP contribution >= 0.6 is 11.8 Å². The van der Waals surface area contributed by atoms with Gasteiger partial charge >= 0.3 is 0 Å². The van der Waals surface area contributed by atoms with Gasteiger partial charge in [0.1, 0.15) is 5.84 Å². The molecule has 0 fully saturated rings. The number of nitrogens with two attached hydrogens (primary N) is 1. The molecule has 0 saturated heterocycles. The highest BCUT2D eigenvalue weighted by molar-refractivity contribution is 7.98. The summed E-state index contributed by atoms with van der Waals surface area (Å²) < 4.78 is 0. The normalized spacial score (nSPS) is 11.2. The first-order chi connectivity index (χ1) is 8.19. The third kappa shape index (κ3) is 3.99. The maximum Gasteiger partial charge on any atom is 0.252 e. The molecule has 0 bridgehead atoms. The predicted octanol–water partition coefficient (Wildman–Crippen LogP) is 1.27. The molecule has 0 saturated carbocycles. The number of thioether (sulfide) groups is 1. The molecule has 6 heteroatoms. The zero-order chi connectivity index (χ0) is 12.7. The van der Waals surface area contributed by atoms with Gasteiger partial charge in [-0.2, -0.15) is 0 Å². The maximum absolute atomic E-state index is 11.8. The summed E-state index contributed by atoms with van der Waals surface area (Å²) in [5.74, 6) is -0.0517. The third-order valence-corrected chi connectivity index (χ3v) is 2.94. The van der Waals surface area contributed by atoms with Crippen molar-refractivity contribution >= 4 is 23.5 Å². The highest BCUT2D eigenvalue weighted by Crippen LogP contribution is 2.19. The van der Waals surface area contributed by atoms with Gasteiger partial charge in [-0.1, -0.05) is 17.3 Å². The Bertz CT molecular complexity index is 421. The van der Waals surface area contributed by atoms with Crippen LogP contribution in [0.25, 0.3) is 0 Å². The average Bonchev–Trinajstić information content (AvgIpc) is 2.38. The fourth-order valence-corrected chi connectivity index (χ4v) is 1.88. The van der Waals surface area contributed by atoms with Crippen molar-refractivity contribution in [3.63, 3.8) is 0 Å². The molecule has 1 aromatic rings. The molecule has 0 aliphatic carbocycles. The van der Waals surface area contributed by atoms with Crippen LogP contribution in [0.1, 0.15) is 16.8 Å². The zero-order valence-electron chi connectivity index (χ0n) is 9.51. The van der Waals surface area contributed by atoms with Crippen LogP contribution in [0.5, 0.6) is 0 Å². The Labute approximate surface area is 104 Å². The van der Waals surface area contributed by atoms with E-state index in [9.17, 15) is 4.79 Å². The number of hydrogen-bond donors (Lipinski definition) is 3. The largest absolute Gasteiger partial charge is 0.409 e. The number of carbonyl (C=O) groups is 1. The molecule has 92 valence electrons. The smallest absolute Gasteiger partial charge is 0.252 e. The molecule has 0 aliphatic heterocycles. The maximum atomic E-state index is 11.8. The molecule has 1 rings (SSSR count). The second-order valence-corrected chi connectivity index (χ2v) is 4.15. The molecule has 0 heterocycles. The molecular formula is C11H15N3O2S. The summed E-state index contributed by atoms with van der Waals surface area (Å²) in [7, 11) is 0. The Morgan fingerprint density at radius 1 is 1.53 bits per heavy atom. The summed E-state index contributed by atoms with van der Waals surface area (Å²) in [5, 5.41) is 13.9. The van der Waals surface area contributed by atoms with Crippen LogP contribution in [-0.4, -0.2) is 29.8 Å². The summed E-state index contributed by atoms with van der Waals surface area (Å²) in [6, 6.07) is 7.37. The summed E-state index contributed by atoms with van der Waals surface area (Å²) >= 11 is 1.52. The number of hydrogen-bond acceptors (Lipinski definition) is 4. The van der Waals surface area contributed by atoms with Crippen molar-refractivity contribution in [1.82, 2.24) is 5.32 Å². The number of oxime groups is 1. The van der Waals surface area contributed by atoms with E-state index in [0.29, 0.717) is 18.5 Å². The minimum absolute atomic E-state index is 0.100. The van der Waals surface area contributed by atoms with Gasteiger partial charge in [0, 0.05) is 17.9 Å². The number of rotatable bonds is 5. The highest BCUT2D eigenvalue weighted by Gasteiger charge is 2.09. The van der Waals surface area contributed by atoms with E-state index in [2.05, 4.69) is 10.5 Å². The van der Waals surface area contributed by atoms with Crippen LogP contribution in [0.4, 0.5) is 0 Å². The molecule has 0 spiro atoms. The van der Waals surface area contributed by atoms with E-state index in [4.69, 9.17) is 10.9 Å². The second kappa shape index (κ2) is 6.80. The third-order valence-electron chi connectivity index (χ3n) is 2.15. The number of amides is 1. The molecule has 0 radical (unpaired) electrons. The number of nitrogens with one attached hydrogen (secondary N) is 1. The number of benzene rings is 1. The predicted molar refractivity (Wildman–Crippen MR) is 68.6 cm³/mol. The number of amidine groups is 1. The lowest BCUT2D eigenvalue weighted by Crippen LogP contribution is -2.28. The van der Waals surface area contributed by atoms with E-state index in [1.807, 2.05) is 24.5 Å². The van der Waals surface area contributed by atoms with Crippen LogP contribution in [0.2, 0.25) is 0 Å². The molecule has 0 atom stereocenters. The Hall–Kier alpha value is -1.69. The lowest BCUT2D eigenvalue weighted by Gasteiger charge is -2.07. The molecule has 17 heavy (non-hydrogen) atoms. The van der Waals surface area contributed by atoms with E-state index in [-0.39, 0.29) is 11.7 Å². The van der Waals surface area contributed by atoms with Crippen molar-refractivity contribution in [2.75, 3.05) is 12.8 Å². The van der Waals surface area contributed by atoms with Crippen LogP contribution in [0.3, 0.4) is 0 Å². The molecule has 5 nitrogen and oxygen atoms in total. The first-order valence-corrected chi connectivity index (χ1v) is 6.29. The molecule has 0 aromatic heterocycles. The Balaban J connectivity index is 2.58. The molecule has 1 amide bonds. The minimum Gasteiger partial charge on any atom is -0.409 e. The minimum atomic E-state index is -0.152. The van der Waals surface area contributed by atoms with Gasteiger partial charge in [0.25, 0.3) is 5.91 Å². The van der Waals surface area contributed by atoms with Crippen LogP contribution in [0.15, 0.2) is 34.3 Å². The lowest BCUT2D eigenvalue weighted by molar-refractivity contribution is 0.0951. The van der Waals surface area contributed by atoms with Gasteiger partial charge < -0.3 is 16.3 Å². The topological polar surface area (TPSA) is 87.7 Å². The van der Waals surface area contributed by atoms with Crippen LogP contribution in [0, 0.1) is 0 Å². The Kier molecular flexibility index (Phi) is 5.35. The fourth-order valence-electron chi connectivity index (χ4n) is 1.28. The number of carbonyl (C=O) groups excluding carboxylic acids is 1. The van der Waals surface area contributed by atoms with Gasteiger partial charge in [-0.3, -0.25) is 4.79 Å². The zero-order valence-corrected chi connectivity index (χ0v) is 10.3. The first-order valence-electron chi connectivity index (χ1n) is 5.06. The van der Waals surface area contributed by atoms with Gasteiger partial charge in [0.05, 0.1) is 5.56 Å². The average molecular weight is 253 g/mol. The lowest BCUT2D eigenvalue weighted by atomic mass is 10.2. The van der Waals surface area contributed by atoms with E-state index >= 15 is 0 Å². The summed E-state index contributed by atoms with van der Waals surface area (Å²) in [5.41, 5.74) is 5.94. The van der Waals surface area contributed by atoms with Gasteiger partial charge in [-0.15, -0.1) is 11.8 Å². The quantitative estimate of drug-likeness (QED) is 0.242. The van der Waals surface area contributed by atoms with Crippen molar-refractivity contribution in [3.8, 4) is 0 Å². The van der Waals surface area contributed by atoms with Gasteiger partial charge in [-0.25, -0.2) is 0 Å². The standard InChI is InChI=1S/C11H15N3O2S/c1-17-9-5-3-2-4-8(9)11(15)13-7-6-10(12)14-16/h2-5,16H,6-7H2,1H3,(H2,12,14)(H,13,15). The molecule has 0 aliphatic rings. The molecule has 4 N–H and O–H groups in total. The van der Waals surface area contributed by atoms with E-state index in [1.165, 1.54) is 11.8 Å². The van der Waals surface area contributed by atoms with Crippen LogP contribution < -0.4 is 11.1 Å². The fraction of sp³-hybridized carbons (Fsp3) is 0.273. The summed E-state index contributed by atoms with van der Waals surface area (Å²) in [6.45, 7) is 0.345. The highest BCUT2D eigenvalue weighted by atomic mass is 32.2. The molecule has 1 aromatic carbocycles. The van der Waals surface area contributed by atoms with Crippen molar-refractivity contribution < 1.29 is 10.0 Å². The van der Waals surface area contributed by atoms with E-state index < -0.39 is 0 Å². The Morgan fingerprint density at radius 3 is 2.88 bits per heavy atom. The van der Waals surface area contributed by atoms with Gasteiger partial charge in [-0.05, 0) is 18.4 Å². The van der Waals surface area contributed by atoms with Crippen LogP contribution in [-0.2, 0) is 0 Å². The second-order valence-electron chi connectivity index (χ2n) is 3.30. The van der Waals surface area contributed by atoms with Crippen molar-refractivity contribution in [2.45, 2.75) is 11.3 Å². The molecule has 0 unspecified atom stereocenters. The monoisotopic (exact) mass is 253 g/mol. The van der Waals surface area contributed by atoms with Crippen molar-refractivity contribution in [3.05, 3.63) is 29.8 Å².